The monoisotopic (exact) mass is 825 g/mol. The number of amides is 1. The van der Waals surface area contributed by atoms with Gasteiger partial charge in [0.2, 0.25) is 5.91 Å². The van der Waals surface area contributed by atoms with Crippen LogP contribution in [0.15, 0.2) is 36.5 Å². The molecular weight excluding hydrogens is 732 g/mol. The molecule has 5 N–H and O–H groups in total. The molecule has 0 bridgehead atoms. The molecule has 336 valence electrons. The van der Waals surface area contributed by atoms with Crippen LogP contribution in [0.5, 0.6) is 0 Å². The van der Waals surface area contributed by atoms with E-state index in [1.54, 1.807) is 6.08 Å². The second kappa shape index (κ2) is 44.3. The van der Waals surface area contributed by atoms with E-state index >= 15 is 0 Å². The molecule has 9 heteroatoms. The van der Waals surface area contributed by atoms with Gasteiger partial charge in [-0.2, -0.15) is 0 Å². The fourth-order valence-electron chi connectivity index (χ4n) is 7.05. The Hall–Kier alpha value is -1.28. The Kier molecular flexibility index (Phi) is 43.3. The van der Waals surface area contributed by atoms with Crippen molar-refractivity contribution in [2.45, 2.75) is 244 Å². The van der Waals surface area contributed by atoms with Gasteiger partial charge in [0, 0.05) is 13.0 Å². The van der Waals surface area contributed by atoms with Gasteiger partial charge in [0.25, 0.3) is 0 Å². The number of nitrogens with two attached hydrogens (primary N) is 1. The van der Waals surface area contributed by atoms with Crippen molar-refractivity contribution in [3.8, 4) is 0 Å². The molecule has 0 aliphatic rings. The van der Waals surface area contributed by atoms with E-state index in [9.17, 15) is 19.4 Å². The highest BCUT2D eigenvalue weighted by Gasteiger charge is 2.26. The molecule has 8 nitrogen and oxygen atoms in total. The second-order valence-electron chi connectivity index (χ2n) is 16.3. The second-order valence-corrected chi connectivity index (χ2v) is 17.8. The van der Waals surface area contributed by atoms with E-state index in [0.29, 0.717) is 6.42 Å². The number of phosphoric ester groups is 1. The third kappa shape index (κ3) is 42.6. The first-order chi connectivity index (χ1) is 27.9. The first-order valence-electron chi connectivity index (χ1n) is 24.1. The molecule has 0 aromatic heterocycles. The quantitative estimate of drug-likeness (QED) is 0.0273. The van der Waals surface area contributed by atoms with Gasteiger partial charge in [-0.3, -0.25) is 13.8 Å². The summed E-state index contributed by atoms with van der Waals surface area (Å²) in [5.74, 6) is -0.205. The summed E-state index contributed by atoms with van der Waals surface area (Å²) in [6.45, 7) is 4.13. The first-order valence-corrected chi connectivity index (χ1v) is 25.6. The minimum Gasteiger partial charge on any atom is -0.387 e. The first kappa shape index (κ1) is 55.7. The number of hydrogen-bond donors (Lipinski definition) is 4. The van der Waals surface area contributed by atoms with E-state index in [1.165, 1.54) is 167 Å². The fourth-order valence-corrected chi connectivity index (χ4v) is 7.81. The third-order valence-corrected chi connectivity index (χ3v) is 11.7. The van der Waals surface area contributed by atoms with Crippen LogP contribution in [-0.4, -0.2) is 47.8 Å². The fraction of sp³-hybridized carbons (Fsp3) is 0.854. The van der Waals surface area contributed by atoms with Gasteiger partial charge < -0.3 is 21.1 Å². The Morgan fingerprint density at radius 3 is 1.35 bits per heavy atom. The summed E-state index contributed by atoms with van der Waals surface area (Å²) in [5.41, 5.74) is 5.38. The Morgan fingerprint density at radius 1 is 0.561 bits per heavy atom. The summed E-state index contributed by atoms with van der Waals surface area (Å²) in [6.07, 6.45) is 53.5. The summed E-state index contributed by atoms with van der Waals surface area (Å²) in [7, 11) is -4.35. The van der Waals surface area contributed by atoms with E-state index < -0.39 is 20.0 Å². The molecule has 0 aromatic carbocycles. The standard InChI is InChI=1S/C48H93N2O6P/c1-3-5-7-9-11-13-15-17-19-21-23-25-27-29-31-33-35-37-39-41-47(51)46(45-56-57(53,54)55-44-43-49)50-48(52)42-40-38-36-34-32-30-28-26-24-22-20-18-16-14-12-10-8-6-4-2/h23,25,31,33,39,41,46-47,51H,3-22,24,26-30,32,34-38,40,42-45,49H2,1-2H3,(H,50,52)(H,53,54)/b25-23+,33-31+,41-39+. The van der Waals surface area contributed by atoms with Gasteiger partial charge in [-0.05, 0) is 44.9 Å². The smallest absolute Gasteiger partial charge is 0.387 e. The minimum absolute atomic E-state index is 0.0728. The van der Waals surface area contributed by atoms with E-state index in [-0.39, 0.29) is 25.7 Å². The molecule has 0 aliphatic carbocycles. The number of rotatable bonds is 45. The van der Waals surface area contributed by atoms with Gasteiger partial charge in [-0.1, -0.05) is 217 Å². The third-order valence-electron chi connectivity index (χ3n) is 10.7. The molecule has 1 amide bonds. The van der Waals surface area contributed by atoms with Gasteiger partial charge in [0.15, 0.2) is 0 Å². The van der Waals surface area contributed by atoms with E-state index in [0.717, 1.165) is 44.9 Å². The SMILES string of the molecule is CCCCCCCCCCC/C=C/CC/C=C/CC/C=C/C(O)C(COP(=O)(O)OCCN)NC(=O)CCCCCCCCCCCCCCCCCCCCC. The molecule has 0 aliphatic heterocycles. The number of hydrogen-bond acceptors (Lipinski definition) is 6. The maximum atomic E-state index is 12.8. The average Bonchev–Trinajstić information content (AvgIpc) is 3.20. The van der Waals surface area contributed by atoms with Gasteiger partial charge in [-0.25, -0.2) is 4.57 Å². The highest BCUT2D eigenvalue weighted by atomic mass is 31.2. The van der Waals surface area contributed by atoms with Gasteiger partial charge >= 0.3 is 7.82 Å². The predicted molar refractivity (Wildman–Crippen MR) is 244 cm³/mol. The normalized spacial score (nSPS) is 14.3. The Morgan fingerprint density at radius 2 is 0.930 bits per heavy atom. The molecule has 0 aromatic rings. The lowest BCUT2D eigenvalue weighted by molar-refractivity contribution is -0.123. The molecule has 0 rings (SSSR count). The summed E-state index contributed by atoms with van der Waals surface area (Å²) < 4.78 is 22.2. The lowest BCUT2D eigenvalue weighted by Crippen LogP contribution is -2.45. The maximum absolute atomic E-state index is 12.8. The zero-order valence-electron chi connectivity index (χ0n) is 37.3. The number of carbonyl (C=O) groups is 1. The average molecular weight is 825 g/mol. The molecule has 3 atom stereocenters. The highest BCUT2D eigenvalue weighted by molar-refractivity contribution is 7.47. The van der Waals surface area contributed by atoms with Crippen LogP contribution in [0.3, 0.4) is 0 Å². The van der Waals surface area contributed by atoms with Crippen LogP contribution < -0.4 is 11.1 Å². The lowest BCUT2D eigenvalue weighted by Gasteiger charge is -2.23. The molecule has 0 spiro atoms. The van der Waals surface area contributed by atoms with Crippen molar-refractivity contribution in [1.29, 1.82) is 0 Å². The molecule has 0 radical (unpaired) electrons. The van der Waals surface area contributed by atoms with Gasteiger partial charge in [0.1, 0.15) is 0 Å². The van der Waals surface area contributed by atoms with Crippen molar-refractivity contribution in [3.63, 3.8) is 0 Å². The molecule has 57 heavy (non-hydrogen) atoms. The zero-order valence-corrected chi connectivity index (χ0v) is 38.2. The van der Waals surface area contributed by atoms with E-state index in [2.05, 4.69) is 43.5 Å². The van der Waals surface area contributed by atoms with Crippen LogP contribution in [0.1, 0.15) is 232 Å². The molecule has 0 saturated carbocycles. The van der Waals surface area contributed by atoms with Crippen LogP contribution in [0.4, 0.5) is 0 Å². The lowest BCUT2D eigenvalue weighted by atomic mass is 10.0. The molecule has 0 saturated heterocycles. The van der Waals surface area contributed by atoms with Crippen molar-refractivity contribution in [1.82, 2.24) is 5.32 Å². The number of aliphatic hydroxyl groups excluding tert-OH is 1. The zero-order chi connectivity index (χ0) is 41.8. The van der Waals surface area contributed by atoms with Gasteiger partial charge in [-0.15, -0.1) is 0 Å². The van der Waals surface area contributed by atoms with E-state index in [4.69, 9.17) is 14.8 Å². The molecule has 3 unspecified atom stereocenters. The summed E-state index contributed by atoms with van der Waals surface area (Å²) in [5, 5.41) is 13.7. The van der Waals surface area contributed by atoms with Crippen LogP contribution in [-0.2, 0) is 18.4 Å². The molecular formula is C48H93N2O6P. The highest BCUT2D eigenvalue weighted by Crippen LogP contribution is 2.43. The Balaban J connectivity index is 4.20. The largest absolute Gasteiger partial charge is 0.472 e. The maximum Gasteiger partial charge on any atom is 0.472 e. The number of phosphoric acid groups is 1. The van der Waals surface area contributed by atoms with Gasteiger partial charge in [0.05, 0.1) is 25.4 Å². The number of unbranched alkanes of at least 4 members (excludes halogenated alkanes) is 29. The number of aliphatic hydroxyl groups is 1. The van der Waals surface area contributed by atoms with Crippen LogP contribution >= 0.6 is 7.82 Å². The Bertz CT molecular complexity index is 990. The predicted octanol–water partition coefficient (Wildman–Crippen LogP) is 13.9. The molecule has 0 heterocycles. The van der Waals surface area contributed by atoms with Crippen molar-refractivity contribution in [3.05, 3.63) is 36.5 Å². The minimum atomic E-state index is -4.35. The topological polar surface area (TPSA) is 131 Å². The van der Waals surface area contributed by atoms with Crippen molar-refractivity contribution >= 4 is 13.7 Å². The number of nitrogens with one attached hydrogen (secondary N) is 1. The van der Waals surface area contributed by atoms with Crippen LogP contribution in [0, 0.1) is 0 Å². The summed E-state index contributed by atoms with van der Waals surface area (Å²) in [4.78, 5) is 22.8. The van der Waals surface area contributed by atoms with Crippen LogP contribution in [0.2, 0.25) is 0 Å². The van der Waals surface area contributed by atoms with Crippen molar-refractivity contribution in [2.24, 2.45) is 5.73 Å². The molecule has 0 fully saturated rings. The number of allylic oxidation sites excluding steroid dienone is 5. The van der Waals surface area contributed by atoms with Crippen molar-refractivity contribution < 1.29 is 28.4 Å². The van der Waals surface area contributed by atoms with E-state index in [1.807, 2.05) is 6.08 Å². The van der Waals surface area contributed by atoms with Crippen LogP contribution in [0.25, 0.3) is 0 Å². The van der Waals surface area contributed by atoms with Crippen molar-refractivity contribution in [2.75, 3.05) is 19.8 Å². The summed E-state index contributed by atoms with van der Waals surface area (Å²) in [6, 6.07) is -0.881. The Labute approximate surface area is 352 Å². The summed E-state index contributed by atoms with van der Waals surface area (Å²) >= 11 is 0. The number of carbonyl (C=O) groups excluding carboxylic acids is 1.